The summed E-state index contributed by atoms with van der Waals surface area (Å²) < 4.78 is 0. The quantitative estimate of drug-likeness (QED) is 0.693. The van der Waals surface area contributed by atoms with Crippen LogP contribution in [0.15, 0.2) is 30.3 Å². The maximum Gasteiger partial charge on any atom is 0.327 e. The molecule has 0 bridgehead atoms. The molecule has 0 saturated carbocycles. The van der Waals surface area contributed by atoms with Crippen molar-refractivity contribution in [2.45, 2.75) is 18.2 Å². The molecule has 1 rings (SSSR count). The molecule has 0 heterocycles. The summed E-state index contributed by atoms with van der Waals surface area (Å²) >= 11 is 4.23. The first-order valence-electron chi connectivity index (χ1n) is 4.75. The van der Waals surface area contributed by atoms with Crippen molar-refractivity contribution in [2.75, 3.05) is 0 Å². The van der Waals surface area contributed by atoms with Gasteiger partial charge >= 0.3 is 5.97 Å². The molecule has 0 spiro atoms. The summed E-state index contributed by atoms with van der Waals surface area (Å²) in [5.41, 5.74) is 0.756. The van der Waals surface area contributed by atoms with Gasteiger partial charge in [-0.25, -0.2) is 4.79 Å². The highest BCUT2D eigenvalue weighted by molar-refractivity contribution is 7.80. The van der Waals surface area contributed by atoms with Crippen LogP contribution in [0.5, 0.6) is 0 Å². The van der Waals surface area contributed by atoms with Crippen LogP contribution in [0, 0.1) is 0 Å². The molecule has 16 heavy (non-hydrogen) atoms. The first-order chi connectivity index (χ1) is 7.52. The Kier molecular flexibility index (Phi) is 4.37. The van der Waals surface area contributed by atoms with Crippen LogP contribution in [0.4, 0.5) is 0 Å². The number of benzene rings is 1. The second kappa shape index (κ2) is 5.55. The van der Waals surface area contributed by atoms with E-state index in [4.69, 9.17) is 5.11 Å². The number of hydrogen-bond acceptors (Lipinski definition) is 3. The van der Waals surface area contributed by atoms with Gasteiger partial charge in [0.2, 0.25) is 5.91 Å². The number of thiol groups is 1. The summed E-state index contributed by atoms with van der Waals surface area (Å²) in [6.07, 6.45) is 0. The number of rotatable bonds is 4. The van der Waals surface area contributed by atoms with Crippen molar-refractivity contribution in [1.82, 2.24) is 5.32 Å². The van der Waals surface area contributed by atoms with E-state index in [9.17, 15) is 9.59 Å². The fraction of sp³-hybridized carbons (Fsp3) is 0.273. The predicted octanol–water partition coefficient (Wildman–Crippen LogP) is 1.25. The van der Waals surface area contributed by atoms with Crippen molar-refractivity contribution in [3.63, 3.8) is 0 Å². The molecule has 0 saturated heterocycles. The fourth-order valence-electron chi connectivity index (χ4n) is 1.34. The first-order valence-corrected chi connectivity index (χ1v) is 5.27. The zero-order chi connectivity index (χ0) is 12.1. The zero-order valence-corrected chi connectivity index (χ0v) is 9.65. The molecular weight excluding hydrogens is 226 g/mol. The number of hydrogen-bond donors (Lipinski definition) is 3. The van der Waals surface area contributed by atoms with Crippen LogP contribution in [0.1, 0.15) is 17.7 Å². The van der Waals surface area contributed by atoms with E-state index in [-0.39, 0.29) is 5.91 Å². The lowest BCUT2D eigenvalue weighted by atomic mass is 10.1. The number of nitrogens with one attached hydrogen (secondary N) is 1. The van der Waals surface area contributed by atoms with Gasteiger partial charge in [-0.2, -0.15) is 12.6 Å². The van der Waals surface area contributed by atoms with Crippen LogP contribution in [0.25, 0.3) is 0 Å². The Balaban J connectivity index is 2.87. The van der Waals surface area contributed by atoms with Gasteiger partial charge in [0, 0.05) is 6.92 Å². The number of carboxylic acids is 1. The maximum absolute atomic E-state index is 11.0. The van der Waals surface area contributed by atoms with Crippen molar-refractivity contribution in [3.8, 4) is 0 Å². The van der Waals surface area contributed by atoms with Crippen molar-refractivity contribution in [2.24, 2.45) is 0 Å². The number of carbonyl (C=O) groups is 2. The van der Waals surface area contributed by atoms with E-state index in [0.717, 1.165) is 5.56 Å². The van der Waals surface area contributed by atoms with Crippen LogP contribution in [-0.4, -0.2) is 23.0 Å². The molecule has 0 aliphatic carbocycles. The second-order valence-corrected chi connectivity index (χ2v) is 3.93. The molecule has 2 unspecified atom stereocenters. The van der Waals surface area contributed by atoms with Gasteiger partial charge in [0.05, 0.1) is 5.25 Å². The zero-order valence-electron chi connectivity index (χ0n) is 8.75. The Morgan fingerprint density at radius 3 is 2.31 bits per heavy atom. The van der Waals surface area contributed by atoms with E-state index < -0.39 is 17.3 Å². The highest BCUT2D eigenvalue weighted by Gasteiger charge is 2.27. The van der Waals surface area contributed by atoms with E-state index in [2.05, 4.69) is 17.9 Å². The summed E-state index contributed by atoms with van der Waals surface area (Å²) in [5.74, 6) is -1.48. The van der Waals surface area contributed by atoms with Crippen molar-refractivity contribution in [1.29, 1.82) is 0 Å². The monoisotopic (exact) mass is 239 g/mol. The third kappa shape index (κ3) is 3.27. The van der Waals surface area contributed by atoms with E-state index in [1.807, 2.05) is 6.07 Å². The molecule has 1 aromatic carbocycles. The molecule has 4 nitrogen and oxygen atoms in total. The van der Waals surface area contributed by atoms with Crippen molar-refractivity contribution < 1.29 is 14.7 Å². The molecule has 2 N–H and O–H groups in total. The minimum absolute atomic E-state index is 0.387. The lowest BCUT2D eigenvalue weighted by Crippen LogP contribution is -2.42. The SMILES string of the molecule is CC(=O)NC(C(=O)O)C(S)c1ccccc1. The molecule has 86 valence electrons. The molecule has 0 radical (unpaired) electrons. The van der Waals surface area contributed by atoms with Gasteiger partial charge in [-0.15, -0.1) is 0 Å². The Labute approximate surface area is 99.1 Å². The number of amides is 1. The van der Waals surface area contributed by atoms with Gasteiger partial charge in [0.15, 0.2) is 0 Å². The summed E-state index contributed by atoms with van der Waals surface area (Å²) in [6, 6.07) is 7.95. The molecule has 1 amide bonds. The second-order valence-electron chi connectivity index (χ2n) is 3.37. The first kappa shape index (κ1) is 12.6. The fourth-order valence-corrected chi connectivity index (χ4v) is 1.71. The van der Waals surface area contributed by atoms with Crippen molar-refractivity contribution in [3.05, 3.63) is 35.9 Å². The standard InChI is InChI=1S/C11H13NO3S/c1-7(13)12-9(11(14)15)10(16)8-5-3-2-4-6-8/h2-6,9-10,16H,1H3,(H,12,13)(H,14,15). The Bertz CT molecular complexity index is 380. The van der Waals surface area contributed by atoms with Crippen LogP contribution in [-0.2, 0) is 9.59 Å². The smallest absolute Gasteiger partial charge is 0.327 e. The molecule has 2 atom stereocenters. The Morgan fingerprint density at radius 2 is 1.88 bits per heavy atom. The number of carboxylic acid groups (broad SMARTS) is 1. The van der Waals surface area contributed by atoms with Crippen LogP contribution in [0.3, 0.4) is 0 Å². The lowest BCUT2D eigenvalue weighted by molar-refractivity contribution is -0.141. The maximum atomic E-state index is 11.0. The predicted molar refractivity (Wildman–Crippen MR) is 63.4 cm³/mol. The third-order valence-corrected chi connectivity index (χ3v) is 2.68. The van der Waals surface area contributed by atoms with Gasteiger partial charge in [0.1, 0.15) is 6.04 Å². The molecular formula is C11H13NO3S. The average Bonchev–Trinajstić information content (AvgIpc) is 2.25. The van der Waals surface area contributed by atoms with E-state index in [1.165, 1.54) is 6.92 Å². The van der Waals surface area contributed by atoms with Gasteiger partial charge in [-0.05, 0) is 5.56 Å². The van der Waals surface area contributed by atoms with Gasteiger partial charge in [-0.3, -0.25) is 4.79 Å². The van der Waals surface area contributed by atoms with E-state index in [0.29, 0.717) is 0 Å². The highest BCUT2D eigenvalue weighted by Crippen LogP contribution is 2.23. The summed E-state index contributed by atoms with van der Waals surface area (Å²) in [4.78, 5) is 21.9. The Morgan fingerprint density at radius 1 is 1.31 bits per heavy atom. The normalized spacial score (nSPS) is 13.9. The van der Waals surface area contributed by atoms with Crippen LogP contribution < -0.4 is 5.32 Å². The topological polar surface area (TPSA) is 66.4 Å². The van der Waals surface area contributed by atoms with Gasteiger partial charge in [-0.1, -0.05) is 30.3 Å². The minimum atomic E-state index is -1.10. The summed E-state index contributed by atoms with van der Waals surface area (Å²) in [6.45, 7) is 1.28. The molecule has 0 aliphatic heterocycles. The molecule has 1 aromatic rings. The van der Waals surface area contributed by atoms with Crippen LogP contribution in [0.2, 0.25) is 0 Å². The average molecular weight is 239 g/mol. The minimum Gasteiger partial charge on any atom is -0.480 e. The van der Waals surface area contributed by atoms with Gasteiger partial charge in [0.25, 0.3) is 0 Å². The van der Waals surface area contributed by atoms with Gasteiger partial charge < -0.3 is 10.4 Å². The third-order valence-electron chi connectivity index (χ3n) is 2.08. The van der Waals surface area contributed by atoms with Crippen LogP contribution >= 0.6 is 12.6 Å². The molecule has 0 aromatic heterocycles. The van der Waals surface area contributed by atoms with E-state index >= 15 is 0 Å². The lowest BCUT2D eigenvalue weighted by Gasteiger charge is -2.20. The molecule has 5 heteroatoms. The largest absolute Gasteiger partial charge is 0.480 e. The molecule has 0 aliphatic rings. The highest BCUT2D eigenvalue weighted by atomic mass is 32.1. The van der Waals surface area contributed by atoms with Crippen molar-refractivity contribution >= 4 is 24.5 Å². The molecule has 0 fully saturated rings. The summed E-state index contributed by atoms with van der Waals surface area (Å²) in [5, 5.41) is 10.8. The Hall–Kier alpha value is -1.49. The summed E-state index contributed by atoms with van der Waals surface area (Å²) in [7, 11) is 0. The number of carbonyl (C=O) groups excluding carboxylic acids is 1. The number of aliphatic carboxylic acids is 1. The van der Waals surface area contributed by atoms with E-state index in [1.54, 1.807) is 24.3 Å².